The number of sulfonamides is 1. The third kappa shape index (κ3) is 2.30. The third-order valence-electron chi connectivity index (χ3n) is 2.68. The molecule has 1 aliphatic rings. The SMILES string of the molecule is CS(=O)(=O)N1CCC(c2nccc(N)n2)C1. The highest BCUT2D eigenvalue weighted by atomic mass is 32.2. The van der Waals surface area contributed by atoms with E-state index in [-0.39, 0.29) is 5.92 Å². The maximum atomic E-state index is 11.3. The maximum Gasteiger partial charge on any atom is 0.211 e. The first-order valence-electron chi connectivity index (χ1n) is 5.00. The van der Waals surface area contributed by atoms with Crippen LogP contribution in [0.1, 0.15) is 18.2 Å². The topological polar surface area (TPSA) is 89.2 Å². The largest absolute Gasteiger partial charge is 0.384 e. The van der Waals surface area contributed by atoms with Gasteiger partial charge in [0.05, 0.1) is 6.26 Å². The second kappa shape index (κ2) is 3.99. The van der Waals surface area contributed by atoms with Crippen LogP contribution in [0.4, 0.5) is 5.82 Å². The van der Waals surface area contributed by atoms with Crippen molar-refractivity contribution in [3.8, 4) is 0 Å². The summed E-state index contributed by atoms with van der Waals surface area (Å²) >= 11 is 0. The summed E-state index contributed by atoms with van der Waals surface area (Å²) in [5, 5.41) is 0. The third-order valence-corrected chi connectivity index (χ3v) is 3.95. The standard InChI is InChI=1S/C9H14N4O2S/c1-16(14,15)13-5-3-7(6-13)9-11-4-2-8(10)12-9/h2,4,7H,3,5-6H2,1H3,(H2,10,11,12). The fourth-order valence-corrected chi connectivity index (χ4v) is 2.71. The lowest BCUT2D eigenvalue weighted by molar-refractivity contribution is 0.476. The minimum absolute atomic E-state index is 0.0539. The van der Waals surface area contributed by atoms with Gasteiger partial charge in [0.1, 0.15) is 11.6 Å². The molecule has 2 rings (SSSR count). The van der Waals surface area contributed by atoms with E-state index in [4.69, 9.17) is 5.73 Å². The Labute approximate surface area is 94.6 Å². The second-order valence-corrected chi connectivity index (χ2v) is 5.93. The smallest absolute Gasteiger partial charge is 0.211 e. The van der Waals surface area contributed by atoms with E-state index in [2.05, 4.69) is 9.97 Å². The van der Waals surface area contributed by atoms with Gasteiger partial charge in [-0.2, -0.15) is 0 Å². The van der Waals surface area contributed by atoms with Crippen LogP contribution in [0, 0.1) is 0 Å². The van der Waals surface area contributed by atoms with Crippen LogP contribution in [0.3, 0.4) is 0 Å². The lowest BCUT2D eigenvalue weighted by Gasteiger charge is -2.12. The molecule has 2 N–H and O–H groups in total. The van der Waals surface area contributed by atoms with Gasteiger partial charge in [0.15, 0.2) is 0 Å². The lowest BCUT2D eigenvalue weighted by atomic mass is 10.1. The molecule has 6 nitrogen and oxygen atoms in total. The van der Waals surface area contributed by atoms with Crippen molar-refractivity contribution in [1.82, 2.24) is 14.3 Å². The van der Waals surface area contributed by atoms with Crippen molar-refractivity contribution < 1.29 is 8.42 Å². The number of nitrogen functional groups attached to an aromatic ring is 1. The first kappa shape index (κ1) is 11.3. The van der Waals surface area contributed by atoms with Crippen molar-refractivity contribution in [3.05, 3.63) is 18.1 Å². The predicted molar refractivity (Wildman–Crippen MR) is 60.2 cm³/mol. The highest BCUT2D eigenvalue weighted by Gasteiger charge is 2.30. The van der Waals surface area contributed by atoms with Crippen LogP contribution in [0.2, 0.25) is 0 Å². The lowest BCUT2D eigenvalue weighted by Crippen LogP contribution is -2.27. The van der Waals surface area contributed by atoms with Gasteiger partial charge in [0, 0.05) is 25.2 Å². The Kier molecular flexibility index (Phi) is 2.81. The molecule has 1 aromatic rings. The van der Waals surface area contributed by atoms with E-state index in [9.17, 15) is 8.42 Å². The Morgan fingerprint density at radius 1 is 1.56 bits per heavy atom. The number of anilines is 1. The minimum Gasteiger partial charge on any atom is -0.384 e. The van der Waals surface area contributed by atoms with Gasteiger partial charge < -0.3 is 5.73 Å². The zero-order chi connectivity index (χ0) is 11.8. The summed E-state index contributed by atoms with van der Waals surface area (Å²) in [6.45, 7) is 0.976. The van der Waals surface area contributed by atoms with Crippen LogP contribution >= 0.6 is 0 Å². The van der Waals surface area contributed by atoms with Gasteiger partial charge in [0.2, 0.25) is 10.0 Å². The molecular weight excluding hydrogens is 228 g/mol. The monoisotopic (exact) mass is 242 g/mol. The second-order valence-electron chi connectivity index (χ2n) is 3.95. The molecule has 0 radical (unpaired) electrons. The molecule has 16 heavy (non-hydrogen) atoms. The molecule has 1 atom stereocenters. The van der Waals surface area contributed by atoms with Gasteiger partial charge in [-0.15, -0.1) is 0 Å². The quantitative estimate of drug-likeness (QED) is 0.776. The Bertz CT molecular complexity index is 488. The molecule has 1 aliphatic heterocycles. The van der Waals surface area contributed by atoms with Crippen LogP contribution in [0.25, 0.3) is 0 Å². The maximum absolute atomic E-state index is 11.3. The zero-order valence-corrected chi connectivity index (χ0v) is 9.81. The average Bonchev–Trinajstić information content (AvgIpc) is 2.65. The zero-order valence-electron chi connectivity index (χ0n) is 9.00. The van der Waals surface area contributed by atoms with E-state index in [1.54, 1.807) is 12.3 Å². The molecule has 0 spiro atoms. The van der Waals surface area contributed by atoms with Crippen molar-refractivity contribution in [3.63, 3.8) is 0 Å². The molecule has 1 unspecified atom stereocenters. The minimum atomic E-state index is -3.11. The fraction of sp³-hybridized carbons (Fsp3) is 0.556. The summed E-state index contributed by atoms with van der Waals surface area (Å²) < 4.78 is 24.1. The first-order valence-corrected chi connectivity index (χ1v) is 6.85. The Morgan fingerprint density at radius 3 is 2.88 bits per heavy atom. The van der Waals surface area contributed by atoms with Crippen molar-refractivity contribution in [1.29, 1.82) is 0 Å². The molecule has 0 bridgehead atoms. The summed E-state index contributed by atoms with van der Waals surface area (Å²) in [5.41, 5.74) is 5.56. The Hall–Kier alpha value is -1.21. The fourth-order valence-electron chi connectivity index (χ4n) is 1.83. The van der Waals surface area contributed by atoms with Gasteiger partial charge in [-0.1, -0.05) is 0 Å². The highest BCUT2D eigenvalue weighted by molar-refractivity contribution is 7.88. The molecule has 0 aromatic carbocycles. The summed E-state index contributed by atoms with van der Waals surface area (Å²) in [5.74, 6) is 1.10. The van der Waals surface area contributed by atoms with Crippen LogP contribution in [-0.2, 0) is 10.0 Å². The molecule has 0 amide bonds. The predicted octanol–water partition coefficient (Wildman–Crippen LogP) is -0.192. The normalized spacial score (nSPS) is 22.4. The molecule has 2 heterocycles. The van der Waals surface area contributed by atoms with E-state index in [0.29, 0.717) is 24.7 Å². The molecule has 0 aliphatic carbocycles. The Morgan fingerprint density at radius 2 is 2.31 bits per heavy atom. The number of hydrogen-bond acceptors (Lipinski definition) is 5. The van der Waals surface area contributed by atoms with E-state index in [0.717, 1.165) is 6.42 Å². The van der Waals surface area contributed by atoms with Gasteiger partial charge >= 0.3 is 0 Å². The van der Waals surface area contributed by atoms with Gasteiger partial charge in [0.25, 0.3) is 0 Å². The van der Waals surface area contributed by atoms with E-state index in [1.807, 2.05) is 0 Å². The van der Waals surface area contributed by atoms with Crippen LogP contribution in [-0.4, -0.2) is 42.0 Å². The average molecular weight is 242 g/mol. The summed E-state index contributed by atoms with van der Waals surface area (Å²) in [6.07, 6.45) is 3.56. The molecule has 7 heteroatoms. The van der Waals surface area contributed by atoms with E-state index in [1.165, 1.54) is 10.6 Å². The van der Waals surface area contributed by atoms with Crippen molar-refractivity contribution >= 4 is 15.8 Å². The number of rotatable bonds is 2. The van der Waals surface area contributed by atoms with Crippen LogP contribution in [0.5, 0.6) is 0 Å². The molecule has 1 fully saturated rings. The summed E-state index contributed by atoms with van der Waals surface area (Å²) in [7, 11) is -3.11. The molecular formula is C9H14N4O2S. The van der Waals surface area contributed by atoms with Gasteiger partial charge in [-0.3, -0.25) is 0 Å². The molecule has 1 aromatic heterocycles. The molecule has 1 saturated heterocycles. The van der Waals surface area contributed by atoms with Gasteiger partial charge in [-0.05, 0) is 12.5 Å². The molecule has 0 saturated carbocycles. The van der Waals surface area contributed by atoms with Crippen molar-refractivity contribution in [2.75, 3.05) is 25.1 Å². The number of hydrogen-bond donors (Lipinski definition) is 1. The van der Waals surface area contributed by atoms with Gasteiger partial charge in [-0.25, -0.2) is 22.7 Å². The highest BCUT2D eigenvalue weighted by Crippen LogP contribution is 2.26. The van der Waals surface area contributed by atoms with Crippen LogP contribution < -0.4 is 5.73 Å². The molecule has 88 valence electrons. The van der Waals surface area contributed by atoms with Crippen LogP contribution in [0.15, 0.2) is 12.3 Å². The van der Waals surface area contributed by atoms with Crippen molar-refractivity contribution in [2.24, 2.45) is 0 Å². The number of nitrogens with two attached hydrogens (primary N) is 1. The van der Waals surface area contributed by atoms with E-state index >= 15 is 0 Å². The number of nitrogens with zero attached hydrogens (tertiary/aromatic N) is 3. The summed E-state index contributed by atoms with van der Waals surface area (Å²) in [4.78, 5) is 8.24. The summed E-state index contributed by atoms with van der Waals surface area (Å²) in [6, 6.07) is 1.62. The van der Waals surface area contributed by atoms with E-state index < -0.39 is 10.0 Å². The number of aromatic nitrogens is 2. The first-order chi connectivity index (χ1) is 7.47. The van der Waals surface area contributed by atoms with Crippen molar-refractivity contribution in [2.45, 2.75) is 12.3 Å². The Balaban J connectivity index is 2.15.